The van der Waals surface area contributed by atoms with Gasteiger partial charge in [-0.15, -0.1) is 0 Å². The maximum Gasteiger partial charge on any atom is 0.340 e. The van der Waals surface area contributed by atoms with Gasteiger partial charge in [-0.2, -0.15) is 0 Å². The topological polar surface area (TPSA) is 116 Å². The van der Waals surface area contributed by atoms with Gasteiger partial charge in [0, 0.05) is 19.4 Å². The predicted octanol–water partition coefficient (Wildman–Crippen LogP) is 3.17. The van der Waals surface area contributed by atoms with E-state index in [9.17, 15) is 14.4 Å². The molecule has 2 aliphatic heterocycles. The molecule has 4 rings (SSSR count). The molecule has 2 saturated heterocycles. The van der Waals surface area contributed by atoms with Crippen molar-refractivity contribution >= 4 is 17.9 Å². The molecule has 0 amide bonds. The van der Waals surface area contributed by atoms with Crippen LogP contribution in [-0.4, -0.2) is 62.3 Å². The van der Waals surface area contributed by atoms with Gasteiger partial charge < -0.3 is 33.2 Å². The van der Waals surface area contributed by atoms with Gasteiger partial charge in [0.1, 0.15) is 18.0 Å². The Balaban J connectivity index is 1.60. The summed E-state index contributed by atoms with van der Waals surface area (Å²) in [6, 6.07) is 12.4. The highest BCUT2D eigenvalue weighted by atomic mass is 16.8. The first-order valence-electron chi connectivity index (χ1n) is 11.9. The standard InChI is InChI=1S/C27H30O10/c1-14-6-9-18(10-7-14)26-32-13-21-22(36-26)23(33-16(3)28)24(34-17(4)29)27(35-21)37-25(30)19-11-8-15(2)20(12-19)31-5/h6-12,21-24,26-27H,13H2,1-5H3/t21-,22-,23+,24-,26-,27+/m1/s1. The fourth-order valence-corrected chi connectivity index (χ4v) is 4.30. The van der Waals surface area contributed by atoms with Gasteiger partial charge in [-0.25, -0.2) is 4.79 Å². The SMILES string of the molecule is COc1cc(C(=O)O[C@@H]2O[C@@H]3CO[C@@H](c4ccc(C)cc4)O[C@H]3[C@H](OC(C)=O)[C@H]2OC(C)=O)ccc1C. The number of hydrogen-bond donors (Lipinski definition) is 0. The Morgan fingerprint density at radius 3 is 2.19 bits per heavy atom. The average Bonchev–Trinajstić information content (AvgIpc) is 2.86. The molecule has 0 bridgehead atoms. The Kier molecular flexibility index (Phi) is 8.11. The summed E-state index contributed by atoms with van der Waals surface area (Å²) in [5.74, 6) is -1.54. The first-order chi connectivity index (χ1) is 17.7. The van der Waals surface area contributed by atoms with Gasteiger partial charge in [0.2, 0.25) is 12.4 Å². The number of rotatable bonds is 6. The molecule has 2 aromatic rings. The summed E-state index contributed by atoms with van der Waals surface area (Å²) in [6.07, 6.45) is -6.19. The van der Waals surface area contributed by atoms with Crippen LogP contribution >= 0.6 is 0 Å². The van der Waals surface area contributed by atoms with Crippen molar-refractivity contribution < 1.29 is 47.5 Å². The maximum atomic E-state index is 13.0. The van der Waals surface area contributed by atoms with Gasteiger partial charge in [0.25, 0.3) is 0 Å². The number of benzene rings is 2. The molecule has 6 atom stereocenters. The molecule has 2 fully saturated rings. The van der Waals surface area contributed by atoms with E-state index in [4.69, 9.17) is 33.2 Å². The van der Waals surface area contributed by atoms with Crippen LogP contribution in [0.15, 0.2) is 42.5 Å². The van der Waals surface area contributed by atoms with Crippen LogP contribution in [0.2, 0.25) is 0 Å². The summed E-state index contributed by atoms with van der Waals surface area (Å²) in [7, 11) is 1.50. The molecule has 0 saturated carbocycles. The molecule has 2 heterocycles. The number of esters is 3. The molecule has 37 heavy (non-hydrogen) atoms. The van der Waals surface area contributed by atoms with Crippen molar-refractivity contribution in [1.82, 2.24) is 0 Å². The first kappa shape index (κ1) is 26.6. The van der Waals surface area contributed by atoms with E-state index in [0.29, 0.717) is 5.75 Å². The average molecular weight is 515 g/mol. The lowest BCUT2D eigenvalue weighted by molar-refractivity contribution is -0.354. The fourth-order valence-electron chi connectivity index (χ4n) is 4.30. The number of ether oxygens (including phenoxy) is 7. The van der Waals surface area contributed by atoms with Gasteiger partial charge in [0.05, 0.1) is 19.3 Å². The van der Waals surface area contributed by atoms with Crippen molar-refractivity contribution in [2.24, 2.45) is 0 Å². The zero-order valence-electron chi connectivity index (χ0n) is 21.3. The van der Waals surface area contributed by atoms with Crippen molar-refractivity contribution in [3.8, 4) is 5.75 Å². The van der Waals surface area contributed by atoms with E-state index in [1.54, 1.807) is 12.1 Å². The van der Waals surface area contributed by atoms with Gasteiger partial charge in [0.15, 0.2) is 12.4 Å². The van der Waals surface area contributed by atoms with Crippen molar-refractivity contribution in [2.75, 3.05) is 13.7 Å². The molecule has 0 aliphatic carbocycles. The second kappa shape index (κ2) is 11.3. The minimum Gasteiger partial charge on any atom is -0.496 e. The quantitative estimate of drug-likeness (QED) is 0.420. The third kappa shape index (κ3) is 6.10. The van der Waals surface area contributed by atoms with Crippen LogP contribution < -0.4 is 4.74 Å². The lowest BCUT2D eigenvalue weighted by Crippen LogP contribution is -2.64. The summed E-state index contributed by atoms with van der Waals surface area (Å²) >= 11 is 0. The number of carbonyl (C=O) groups excluding carboxylic acids is 3. The fraction of sp³-hybridized carbons (Fsp3) is 0.444. The third-order valence-corrected chi connectivity index (χ3v) is 6.10. The highest BCUT2D eigenvalue weighted by Gasteiger charge is 2.54. The first-order valence-corrected chi connectivity index (χ1v) is 11.9. The Hall–Kier alpha value is -3.47. The van der Waals surface area contributed by atoms with Crippen molar-refractivity contribution in [2.45, 2.75) is 64.7 Å². The molecule has 198 valence electrons. The summed E-state index contributed by atoms with van der Waals surface area (Å²) in [6.45, 7) is 6.28. The Bertz CT molecular complexity index is 1140. The minimum atomic E-state index is -1.39. The molecule has 0 radical (unpaired) electrons. The number of fused-ring (bicyclic) bond motifs is 1. The molecule has 0 unspecified atom stereocenters. The predicted molar refractivity (Wildman–Crippen MR) is 128 cm³/mol. The number of aryl methyl sites for hydroxylation is 2. The van der Waals surface area contributed by atoms with Crippen LogP contribution in [0.1, 0.15) is 47.2 Å². The highest BCUT2D eigenvalue weighted by Crippen LogP contribution is 2.37. The van der Waals surface area contributed by atoms with E-state index >= 15 is 0 Å². The van der Waals surface area contributed by atoms with E-state index in [-0.39, 0.29) is 12.2 Å². The summed E-state index contributed by atoms with van der Waals surface area (Å²) in [4.78, 5) is 37.1. The summed E-state index contributed by atoms with van der Waals surface area (Å²) in [5, 5.41) is 0. The van der Waals surface area contributed by atoms with Gasteiger partial charge in [-0.1, -0.05) is 35.9 Å². The van der Waals surface area contributed by atoms with E-state index in [0.717, 1.165) is 16.7 Å². The normalized spacial score (nSPS) is 26.9. The molecule has 0 spiro atoms. The Labute approximate surface area is 214 Å². The van der Waals surface area contributed by atoms with Crippen LogP contribution in [0, 0.1) is 13.8 Å². The molecule has 0 N–H and O–H groups in total. The molecule has 2 aliphatic rings. The third-order valence-electron chi connectivity index (χ3n) is 6.10. The van der Waals surface area contributed by atoms with Gasteiger partial charge >= 0.3 is 17.9 Å². The Morgan fingerprint density at radius 1 is 0.865 bits per heavy atom. The van der Waals surface area contributed by atoms with Gasteiger partial charge in [-0.3, -0.25) is 9.59 Å². The van der Waals surface area contributed by atoms with Crippen LogP contribution in [0.4, 0.5) is 0 Å². The molecule has 2 aromatic carbocycles. The van der Waals surface area contributed by atoms with E-state index in [1.807, 2.05) is 38.1 Å². The van der Waals surface area contributed by atoms with E-state index in [1.165, 1.54) is 27.0 Å². The zero-order valence-corrected chi connectivity index (χ0v) is 21.3. The molecule has 0 aromatic heterocycles. The zero-order chi connectivity index (χ0) is 26.7. The molecule has 10 heteroatoms. The molecular weight excluding hydrogens is 484 g/mol. The van der Waals surface area contributed by atoms with Crippen molar-refractivity contribution in [1.29, 1.82) is 0 Å². The molecular formula is C27H30O10. The number of hydrogen-bond acceptors (Lipinski definition) is 10. The van der Waals surface area contributed by atoms with Crippen molar-refractivity contribution in [3.63, 3.8) is 0 Å². The lowest BCUT2D eigenvalue weighted by Gasteiger charge is -2.47. The van der Waals surface area contributed by atoms with Crippen molar-refractivity contribution in [3.05, 3.63) is 64.7 Å². The minimum absolute atomic E-state index is 0.0557. The maximum absolute atomic E-state index is 13.0. The van der Waals surface area contributed by atoms with Crippen LogP contribution in [-0.2, 0) is 38.0 Å². The van der Waals surface area contributed by atoms with Crippen LogP contribution in [0.25, 0.3) is 0 Å². The highest BCUT2D eigenvalue weighted by molar-refractivity contribution is 5.90. The molecule has 10 nitrogen and oxygen atoms in total. The smallest absolute Gasteiger partial charge is 0.340 e. The monoisotopic (exact) mass is 514 g/mol. The van der Waals surface area contributed by atoms with E-state index in [2.05, 4.69) is 0 Å². The summed E-state index contributed by atoms with van der Waals surface area (Å²) in [5.41, 5.74) is 2.87. The van der Waals surface area contributed by atoms with E-state index < -0.39 is 54.9 Å². The van der Waals surface area contributed by atoms with Crippen LogP contribution in [0.3, 0.4) is 0 Å². The van der Waals surface area contributed by atoms with Crippen LogP contribution in [0.5, 0.6) is 5.75 Å². The second-order valence-corrected chi connectivity index (χ2v) is 8.96. The van der Waals surface area contributed by atoms with Gasteiger partial charge in [-0.05, 0) is 31.5 Å². The number of methoxy groups -OCH3 is 1. The lowest BCUT2D eigenvalue weighted by atomic mass is 9.97. The Morgan fingerprint density at radius 2 is 1.54 bits per heavy atom. The summed E-state index contributed by atoms with van der Waals surface area (Å²) < 4.78 is 39.9. The largest absolute Gasteiger partial charge is 0.496 e. The number of carbonyl (C=O) groups is 3. The second-order valence-electron chi connectivity index (χ2n) is 8.96.